The monoisotopic (exact) mass is 246 g/mol. The van der Waals surface area contributed by atoms with Crippen molar-refractivity contribution in [1.29, 1.82) is 5.26 Å². The van der Waals surface area contributed by atoms with Gasteiger partial charge in [-0.25, -0.2) is 0 Å². The number of benzene rings is 1. The van der Waals surface area contributed by atoms with Crippen LogP contribution in [0.1, 0.15) is 18.4 Å². The maximum Gasteiger partial charge on any atom is 0.153 e. The lowest BCUT2D eigenvalue weighted by Crippen LogP contribution is -2.40. The van der Waals surface area contributed by atoms with Gasteiger partial charge < -0.3 is 15.2 Å². The van der Waals surface area contributed by atoms with Crippen LogP contribution < -0.4 is 5.73 Å². The standard InChI is InChI=1S/C14H18N2O2/c15-10-14(16,12-5-2-1-3-6-12)11-17-9-13-7-4-8-18-13/h1-3,5-6,13H,4,7-9,11,16H2. The maximum atomic E-state index is 9.24. The first-order chi connectivity index (χ1) is 8.74. The van der Waals surface area contributed by atoms with Gasteiger partial charge in [0, 0.05) is 6.61 Å². The van der Waals surface area contributed by atoms with E-state index in [1.54, 1.807) is 0 Å². The SMILES string of the molecule is N#CC(N)(COCC1CCCO1)c1ccccc1. The van der Waals surface area contributed by atoms with Gasteiger partial charge in [-0.2, -0.15) is 5.26 Å². The van der Waals surface area contributed by atoms with Crippen LogP contribution in [0.2, 0.25) is 0 Å². The lowest BCUT2D eigenvalue weighted by Gasteiger charge is -2.22. The summed E-state index contributed by atoms with van der Waals surface area (Å²) in [6.07, 6.45) is 2.26. The van der Waals surface area contributed by atoms with E-state index in [0.29, 0.717) is 6.61 Å². The number of rotatable bonds is 5. The molecule has 0 radical (unpaired) electrons. The predicted molar refractivity (Wildman–Crippen MR) is 67.7 cm³/mol. The van der Waals surface area contributed by atoms with E-state index in [0.717, 1.165) is 25.0 Å². The molecular formula is C14H18N2O2. The van der Waals surface area contributed by atoms with Gasteiger partial charge in [0.15, 0.2) is 5.54 Å². The first kappa shape index (κ1) is 13.0. The van der Waals surface area contributed by atoms with Crippen molar-refractivity contribution in [3.05, 3.63) is 35.9 Å². The van der Waals surface area contributed by atoms with Crippen LogP contribution in [-0.4, -0.2) is 25.9 Å². The van der Waals surface area contributed by atoms with Gasteiger partial charge in [0.05, 0.1) is 25.4 Å². The topological polar surface area (TPSA) is 68.3 Å². The van der Waals surface area contributed by atoms with Gasteiger partial charge in [0.2, 0.25) is 0 Å². The molecule has 1 aliphatic heterocycles. The molecule has 18 heavy (non-hydrogen) atoms. The maximum absolute atomic E-state index is 9.24. The second-order valence-electron chi connectivity index (χ2n) is 4.60. The van der Waals surface area contributed by atoms with Crippen molar-refractivity contribution in [2.75, 3.05) is 19.8 Å². The van der Waals surface area contributed by atoms with Crippen LogP contribution in [0.3, 0.4) is 0 Å². The average Bonchev–Trinajstić information content (AvgIpc) is 2.93. The Balaban J connectivity index is 1.90. The van der Waals surface area contributed by atoms with Crippen molar-refractivity contribution in [3.8, 4) is 6.07 Å². The number of nitrogens with two attached hydrogens (primary N) is 1. The summed E-state index contributed by atoms with van der Waals surface area (Å²) in [6.45, 7) is 1.50. The molecule has 1 aliphatic rings. The van der Waals surface area contributed by atoms with E-state index in [2.05, 4.69) is 6.07 Å². The van der Waals surface area contributed by atoms with Gasteiger partial charge in [-0.1, -0.05) is 30.3 Å². The summed E-state index contributed by atoms with van der Waals surface area (Å²) in [7, 11) is 0. The third-order valence-corrected chi connectivity index (χ3v) is 3.15. The quantitative estimate of drug-likeness (QED) is 0.856. The Hall–Kier alpha value is -1.41. The summed E-state index contributed by atoms with van der Waals surface area (Å²) in [5.74, 6) is 0. The van der Waals surface area contributed by atoms with Crippen molar-refractivity contribution in [3.63, 3.8) is 0 Å². The molecule has 96 valence electrons. The van der Waals surface area contributed by atoms with Gasteiger partial charge in [0.1, 0.15) is 0 Å². The Kier molecular flexibility index (Phi) is 4.32. The van der Waals surface area contributed by atoms with Gasteiger partial charge in [-0.3, -0.25) is 0 Å². The molecule has 2 rings (SSSR count). The molecule has 1 heterocycles. The number of ether oxygens (including phenoxy) is 2. The lowest BCUT2D eigenvalue weighted by molar-refractivity contribution is 0.00622. The predicted octanol–water partition coefficient (Wildman–Crippen LogP) is 1.56. The molecule has 1 fully saturated rings. The van der Waals surface area contributed by atoms with E-state index >= 15 is 0 Å². The molecule has 1 saturated heterocycles. The van der Waals surface area contributed by atoms with E-state index < -0.39 is 5.54 Å². The molecule has 0 bridgehead atoms. The van der Waals surface area contributed by atoms with E-state index in [9.17, 15) is 5.26 Å². The lowest BCUT2D eigenvalue weighted by atomic mass is 9.94. The highest BCUT2D eigenvalue weighted by molar-refractivity contribution is 5.30. The molecule has 2 atom stereocenters. The molecule has 2 N–H and O–H groups in total. The summed E-state index contributed by atoms with van der Waals surface area (Å²) in [4.78, 5) is 0. The highest BCUT2D eigenvalue weighted by Crippen LogP contribution is 2.19. The van der Waals surface area contributed by atoms with Gasteiger partial charge in [-0.15, -0.1) is 0 Å². The number of nitriles is 1. The second kappa shape index (κ2) is 5.96. The Morgan fingerprint density at radius 3 is 2.83 bits per heavy atom. The molecule has 4 nitrogen and oxygen atoms in total. The van der Waals surface area contributed by atoms with E-state index in [-0.39, 0.29) is 12.7 Å². The zero-order valence-corrected chi connectivity index (χ0v) is 10.3. The minimum absolute atomic E-state index is 0.156. The zero-order chi connectivity index (χ0) is 12.8. The van der Waals surface area contributed by atoms with Crippen LogP contribution in [0.15, 0.2) is 30.3 Å². The second-order valence-corrected chi connectivity index (χ2v) is 4.60. The summed E-state index contributed by atoms with van der Waals surface area (Å²) in [6, 6.07) is 11.5. The first-order valence-electron chi connectivity index (χ1n) is 6.19. The summed E-state index contributed by atoms with van der Waals surface area (Å²) >= 11 is 0. The molecular weight excluding hydrogens is 228 g/mol. The van der Waals surface area contributed by atoms with Gasteiger partial charge in [-0.05, 0) is 18.4 Å². The minimum Gasteiger partial charge on any atom is -0.376 e. The van der Waals surface area contributed by atoms with E-state index in [1.165, 1.54) is 0 Å². The summed E-state index contributed by atoms with van der Waals surface area (Å²) in [5.41, 5.74) is 5.77. The van der Waals surface area contributed by atoms with Crippen molar-refractivity contribution in [2.45, 2.75) is 24.5 Å². The molecule has 0 aliphatic carbocycles. The smallest absolute Gasteiger partial charge is 0.153 e. The van der Waals surface area contributed by atoms with Gasteiger partial charge in [0.25, 0.3) is 0 Å². The normalized spacial score (nSPS) is 22.3. The average molecular weight is 246 g/mol. The molecule has 1 aromatic carbocycles. The van der Waals surface area contributed by atoms with Crippen LogP contribution in [0.25, 0.3) is 0 Å². The Morgan fingerprint density at radius 2 is 2.22 bits per heavy atom. The third kappa shape index (κ3) is 3.08. The highest BCUT2D eigenvalue weighted by atomic mass is 16.5. The molecule has 0 aromatic heterocycles. The zero-order valence-electron chi connectivity index (χ0n) is 10.3. The Bertz CT molecular complexity index is 410. The van der Waals surface area contributed by atoms with E-state index in [1.807, 2.05) is 30.3 Å². The molecule has 4 heteroatoms. The van der Waals surface area contributed by atoms with Crippen molar-refractivity contribution in [1.82, 2.24) is 0 Å². The summed E-state index contributed by atoms with van der Waals surface area (Å²) < 4.78 is 11.0. The highest BCUT2D eigenvalue weighted by Gasteiger charge is 2.28. The third-order valence-electron chi connectivity index (χ3n) is 3.15. The number of hydrogen-bond donors (Lipinski definition) is 1. The minimum atomic E-state index is -1.08. The van der Waals surface area contributed by atoms with Crippen LogP contribution in [0.4, 0.5) is 0 Å². The molecule has 1 aromatic rings. The van der Waals surface area contributed by atoms with Crippen LogP contribution in [0, 0.1) is 11.3 Å². The fraction of sp³-hybridized carbons (Fsp3) is 0.500. The molecule has 0 amide bonds. The largest absolute Gasteiger partial charge is 0.376 e. The van der Waals surface area contributed by atoms with E-state index in [4.69, 9.17) is 15.2 Å². The Labute approximate surface area is 107 Å². The first-order valence-corrected chi connectivity index (χ1v) is 6.19. The fourth-order valence-electron chi connectivity index (χ4n) is 2.04. The molecule has 0 spiro atoms. The number of hydrogen-bond acceptors (Lipinski definition) is 4. The van der Waals surface area contributed by atoms with Crippen LogP contribution in [-0.2, 0) is 15.0 Å². The summed E-state index contributed by atoms with van der Waals surface area (Å²) in [5, 5.41) is 9.24. The molecule has 0 saturated carbocycles. The Morgan fingerprint density at radius 1 is 1.44 bits per heavy atom. The van der Waals surface area contributed by atoms with Crippen LogP contribution >= 0.6 is 0 Å². The fourth-order valence-corrected chi connectivity index (χ4v) is 2.04. The van der Waals surface area contributed by atoms with Crippen molar-refractivity contribution in [2.24, 2.45) is 5.73 Å². The number of nitrogens with zero attached hydrogens (tertiary/aromatic N) is 1. The van der Waals surface area contributed by atoms with Crippen LogP contribution in [0.5, 0.6) is 0 Å². The van der Waals surface area contributed by atoms with Crippen molar-refractivity contribution < 1.29 is 9.47 Å². The van der Waals surface area contributed by atoms with Gasteiger partial charge >= 0.3 is 0 Å². The molecule has 2 unspecified atom stereocenters. The van der Waals surface area contributed by atoms with Crippen molar-refractivity contribution >= 4 is 0 Å².